The van der Waals surface area contributed by atoms with Gasteiger partial charge in [-0.1, -0.05) is 23.2 Å². The normalized spacial score (nSPS) is 11.3. The zero-order chi connectivity index (χ0) is 14.6. The molecule has 0 unspecified atom stereocenters. The smallest absolute Gasteiger partial charge is 0.244 e. The summed E-state index contributed by atoms with van der Waals surface area (Å²) in [5.74, 6) is -0.247. The summed E-state index contributed by atoms with van der Waals surface area (Å²) in [5, 5.41) is 2.65. The van der Waals surface area contributed by atoms with Crippen molar-refractivity contribution in [1.82, 2.24) is 10.0 Å². The molecule has 0 bridgehead atoms. The molecule has 1 aromatic rings. The minimum absolute atomic E-state index is 0.0281. The number of halogens is 2. The van der Waals surface area contributed by atoms with Crippen LogP contribution in [0, 0.1) is 0 Å². The Morgan fingerprint density at radius 1 is 1.32 bits per heavy atom. The molecule has 0 saturated heterocycles. The molecule has 0 atom stereocenters. The van der Waals surface area contributed by atoms with E-state index in [1.165, 1.54) is 19.1 Å². The van der Waals surface area contributed by atoms with Crippen LogP contribution >= 0.6 is 23.2 Å². The van der Waals surface area contributed by atoms with Crippen molar-refractivity contribution in [2.75, 3.05) is 18.8 Å². The Bertz CT molecular complexity index is 567. The Morgan fingerprint density at radius 2 is 1.95 bits per heavy atom. The summed E-state index contributed by atoms with van der Waals surface area (Å²) in [4.78, 5) is 10.4. The maximum absolute atomic E-state index is 12.0. The summed E-state index contributed by atoms with van der Waals surface area (Å²) >= 11 is 11.5. The second-order valence-electron chi connectivity index (χ2n) is 3.69. The van der Waals surface area contributed by atoms with Gasteiger partial charge in [0.15, 0.2) is 0 Å². The van der Waals surface area contributed by atoms with E-state index in [0.29, 0.717) is 0 Å². The van der Waals surface area contributed by atoms with Gasteiger partial charge in [-0.3, -0.25) is 4.79 Å². The van der Waals surface area contributed by atoms with Crippen LogP contribution in [0.5, 0.6) is 0 Å². The highest BCUT2D eigenvalue weighted by Crippen LogP contribution is 2.30. The maximum atomic E-state index is 12.0. The topological polar surface area (TPSA) is 101 Å². The zero-order valence-electron chi connectivity index (χ0n) is 10.0. The van der Waals surface area contributed by atoms with Gasteiger partial charge in [0.2, 0.25) is 15.9 Å². The fourth-order valence-corrected chi connectivity index (χ4v) is 3.37. The number of sulfonamides is 1. The van der Waals surface area contributed by atoms with E-state index in [2.05, 4.69) is 10.0 Å². The molecule has 0 spiro atoms. The second-order valence-corrected chi connectivity index (χ2v) is 6.23. The monoisotopic (exact) mass is 325 g/mol. The van der Waals surface area contributed by atoms with Gasteiger partial charge in [-0.2, -0.15) is 0 Å². The average molecular weight is 326 g/mol. The number of benzene rings is 1. The molecule has 6 nitrogen and oxygen atoms in total. The number of amides is 1. The van der Waals surface area contributed by atoms with Crippen LogP contribution < -0.4 is 15.8 Å². The zero-order valence-corrected chi connectivity index (χ0v) is 12.4. The van der Waals surface area contributed by atoms with Crippen LogP contribution in [0.1, 0.15) is 6.92 Å². The molecule has 1 aromatic carbocycles. The van der Waals surface area contributed by atoms with Crippen molar-refractivity contribution in [3.05, 3.63) is 22.2 Å². The number of nitrogen functional groups attached to an aromatic ring is 1. The van der Waals surface area contributed by atoms with Crippen LogP contribution in [0.2, 0.25) is 10.0 Å². The minimum atomic E-state index is -3.85. The van der Waals surface area contributed by atoms with E-state index in [4.69, 9.17) is 28.9 Å². The average Bonchev–Trinajstić information content (AvgIpc) is 2.22. The molecular weight excluding hydrogens is 313 g/mol. The first-order valence-electron chi connectivity index (χ1n) is 5.22. The van der Waals surface area contributed by atoms with E-state index in [1.54, 1.807) is 0 Å². The highest BCUT2D eigenvalue weighted by Gasteiger charge is 2.21. The van der Waals surface area contributed by atoms with Gasteiger partial charge in [-0.25, -0.2) is 13.1 Å². The molecule has 0 saturated carbocycles. The molecule has 19 heavy (non-hydrogen) atoms. The van der Waals surface area contributed by atoms with Crippen molar-refractivity contribution in [2.45, 2.75) is 11.8 Å². The van der Waals surface area contributed by atoms with Crippen molar-refractivity contribution in [3.8, 4) is 0 Å². The standard InChI is InChI=1S/C10H13Cl2N3O3S/c1-6(16)14-2-3-15-19(17,18)10-8(12)4-7(11)5-9(10)13/h4-5,15H,2-3,13H2,1H3,(H,14,16). The van der Waals surface area contributed by atoms with Gasteiger partial charge in [-0.15, -0.1) is 0 Å². The SMILES string of the molecule is CC(=O)NCCNS(=O)(=O)c1c(N)cc(Cl)cc1Cl. The predicted octanol–water partition coefficient (Wildman–Crippen LogP) is 0.990. The lowest BCUT2D eigenvalue weighted by Crippen LogP contribution is -2.34. The highest BCUT2D eigenvalue weighted by molar-refractivity contribution is 7.89. The third kappa shape index (κ3) is 4.54. The molecule has 0 aliphatic rings. The quantitative estimate of drug-likeness (QED) is 0.555. The Morgan fingerprint density at radius 3 is 2.47 bits per heavy atom. The second kappa shape index (κ2) is 6.42. The number of carbonyl (C=O) groups excluding carboxylic acids is 1. The first-order valence-corrected chi connectivity index (χ1v) is 7.46. The Kier molecular flexibility index (Phi) is 5.42. The van der Waals surface area contributed by atoms with E-state index in [-0.39, 0.29) is 39.6 Å². The van der Waals surface area contributed by atoms with Gasteiger partial charge >= 0.3 is 0 Å². The van der Waals surface area contributed by atoms with E-state index < -0.39 is 10.0 Å². The van der Waals surface area contributed by atoms with Gasteiger partial charge in [0.1, 0.15) is 4.90 Å². The third-order valence-corrected chi connectivity index (χ3v) is 4.30. The lowest BCUT2D eigenvalue weighted by Gasteiger charge is -2.11. The van der Waals surface area contributed by atoms with Gasteiger partial charge in [0, 0.05) is 25.0 Å². The molecule has 4 N–H and O–H groups in total. The van der Waals surface area contributed by atoms with Crippen molar-refractivity contribution in [3.63, 3.8) is 0 Å². The molecule has 106 valence electrons. The number of carbonyl (C=O) groups is 1. The van der Waals surface area contributed by atoms with Crippen molar-refractivity contribution in [2.24, 2.45) is 0 Å². The molecule has 0 aliphatic carbocycles. The number of hydrogen-bond donors (Lipinski definition) is 3. The molecule has 0 radical (unpaired) electrons. The number of hydrogen-bond acceptors (Lipinski definition) is 4. The number of rotatable bonds is 5. The molecule has 9 heteroatoms. The summed E-state index contributed by atoms with van der Waals surface area (Å²) in [7, 11) is -3.85. The van der Waals surface area contributed by atoms with Crippen LogP contribution in [0.15, 0.2) is 17.0 Å². The van der Waals surface area contributed by atoms with Gasteiger partial charge in [0.25, 0.3) is 0 Å². The fourth-order valence-electron chi connectivity index (χ4n) is 1.36. The lowest BCUT2D eigenvalue weighted by molar-refractivity contribution is -0.118. The number of anilines is 1. The van der Waals surface area contributed by atoms with E-state index in [9.17, 15) is 13.2 Å². The van der Waals surface area contributed by atoms with Crippen molar-refractivity contribution < 1.29 is 13.2 Å². The van der Waals surface area contributed by atoms with Crippen LogP contribution in [0.25, 0.3) is 0 Å². The summed E-state index contributed by atoms with van der Waals surface area (Å²) in [5.41, 5.74) is 5.57. The lowest BCUT2D eigenvalue weighted by atomic mass is 10.3. The van der Waals surface area contributed by atoms with E-state index in [0.717, 1.165) is 0 Å². The molecule has 0 aliphatic heterocycles. The summed E-state index contributed by atoms with van der Waals surface area (Å²) < 4.78 is 26.3. The van der Waals surface area contributed by atoms with Crippen LogP contribution in [-0.2, 0) is 14.8 Å². The summed E-state index contributed by atoms with van der Waals surface area (Å²) in [6.45, 7) is 1.53. The van der Waals surface area contributed by atoms with Crippen molar-refractivity contribution >= 4 is 44.8 Å². The maximum Gasteiger partial charge on any atom is 0.244 e. The Balaban J connectivity index is 2.86. The molecule has 1 amide bonds. The molecule has 0 fully saturated rings. The van der Waals surface area contributed by atoms with E-state index in [1.807, 2.05) is 0 Å². The third-order valence-electron chi connectivity index (χ3n) is 2.10. The molecular formula is C10H13Cl2N3O3S. The van der Waals surface area contributed by atoms with Crippen LogP contribution in [0.4, 0.5) is 5.69 Å². The molecule has 0 heterocycles. The minimum Gasteiger partial charge on any atom is -0.398 e. The first kappa shape index (κ1) is 16.0. The highest BCUT2D eigenvalue weighted by atomic mass is 35.5. The summed E-state index contributed by atoms with van der Waals surface area (Å²) in [6.07, 6.45) is 0. The predicted molar refractivity (Wildman–Crippen MR) is 74.7 cm³/mol. The number of nitrogens with two attached hydrogens (primary N) is 1. The first-order chi connectivity index (χ1) is 8.74. The molecule has 0 aromatic heterocycles. The van der Waals surface area contributed by atoms with Crippen LogP contribution in [0.3, 0.4) is 0 Å². The largest absolute Gasteiger partial charge is 0.398 e. The van der Waals surface area contributed by atoms with Gasteiger partial charge < -0.3 is 11.1 Å². The Hall–Kier alpha value is -1.02. The van der Waals surface area contributed by atoms with Gasteiger partial charge in [0.05, 0.1) is 10.7 Å². The fraction of sp³-hybridized carbons (Fsp3) is 0.300. The van der Waals surface area contributed by atoms with Crippen molar-refractivity contribution in [1.29, 1.82) is 0 Å². The summed E-state index contributed by atoms with van der Waals surface area (Å²) in [6, 6.07) is 2.59. The molecule has 1 rings (SSSR count). The Labute approximate surface area is 121 Å². The van der Waals surface area contributed by atoms with Gasteiger partial charge in [-0.05, 0) is 12.1 Å². The van der Waals surface area contributed by atoms with E-state index >= 15 is 0 Å². The number of nitrogens with one attached hydrogen (secondary N) is 2. The van der Waals surface area contributed by atoms with Crippen LogP contribution in [-0.4, -0.2) is 27.4 Å².